The molecule has 0 radical (unpaired) electrons. The number of nitro benzene ring substituents is 1. The maximum atomic E-state index is 12.3. The van der Waals surface area contributed by atoms with Crippen molar-refractivity contribution >= 4 is 17.2 Å². The van der Waals surface area contributed by atoms with E-state index >= 15 is 0 Å². The Morgan fingerprint density at radius 3 is 2.25 bits per heavy atom. The van der Waals surface area contributed by atoms with Crippen molar-refractivity contribution in [3.8, 4) is 0 Å². The lowest BCUT2D eigenvalue weighted by Crippen LogP contribution is -2.12. The molecule has 20 heavy (non-hydrogen) atoms. The molecule has 0 fully saturated rings. The van der Waals surface area contributed by atoms with Gasteiger partial charge in [-0.1, -0.05) is 30.3 Å². The van der Waals surface area contributed by atoms with E-state index < -0.39 is 4.92 Å². The van der Waals surface area contributed by atoms with Gasteiger partial charge in [0.2, 0.25) is 0 Å². The highest BCUT2D eigenvalue weighted by Crippen LogP contribution is 2.28. The number of rotatable bonds is 4. The van der Waals surface area contributed by atoms with Gasteiger partial charge in [0.15, 0.2) is 5.78 Å². The van der Waals surface area contributed by atoms with Gasteiger partial charge in [-0.2, -0.15) is 0 Å². The van der Waals surface area contributed by atoms with E-state index in [1.54, 1.807) is 49.3 Å². The molecule has 2 aromatic carbocycles. The third kappa shape index (κ3) is 2.66. The van der Waals surface area contributed by atoms with Gasteiger partial charge in [-0.15, -0.1) is 0 Å². The zero-order valence-corrected chi connectivity index (χ0v) is 11.2. The first-order chi connectivity index (χ1) is 9.50. The molecule has 0 aromatic heterocycles. The molecule has 0 bridgehead atoms. The summed E-state index contributed by atoms with van der Waals surface area (Å²) in [5.41, 5.74) is 1.40. The number of nitrogens with zero attached hydrogens (tertiary/aromatic N) is 2. The van der Waals surface area contributed by atoms with Gasteiger partial charge in [0.05, 0.1) is 4.92 Å². The first-order valence-corrected chi connectivity index (χ1v) is 6.06. The number of carbonyl (C=O) groups excluding carboxylic acids is 1. The summed E-state index contributed by atoms with van der Waals surface area (Å²) in [6.45, 7) is 0. The molecule has 0 saturated carbocycles. The van der Waals surface area contributed by atoms with Gasteiger partial charge in [0, 0.05) is 31.3 Å². The summed E-state index contributed by atoms with van der Waals surface area (Å²) in [5, 5.41) is 11.0. The zero-order valence-electron chi connectivity index (χ0n) is 11.2. The quantitative estimate of drug-likeness (QED) is 0.487. The van der Waals surface area contributed by atoms with E-state index in [0.717, 1.165) is 0 Å². The van der Waals surface area contributed by atoms with Crippen LogP contribution in [0.5, 0.6) is 0 Å². The average Bonchev–Trinajstić information content (AvgIpc) is 2.46. The lowest BCUT2D eigenvalue weighted by atomic mass is 10.0. The van der Waals surface area contributed by atoms with E-state index in [-0.39, 0.29) is 11.5 Å². The van der Waals surface area contributed by atoms with Crippen molar-refractivity contribution in [1.29, 1.82) is 0 Å². The lowest BCUT2D eigenvalue weighted by molar-refractivity contribution is -0.384. The molecule has 2 rings (SSSR count). The molecular weight excluding hydrogens is 256 g/mol. The molecule has 0 unspecified atom stereocenters. The molecule has 102 valence electrons. The zero-order chi connectivity index (χ0) is 14.7. The van der Waals surface area contributed by atoms with Crippen LogP contribution in [0.15, 0.2) is 48.5 Å². The third-order valence-corrected chi connectivity index (χ3v) is 2.95. The topological polar surface area (TPSA) is 63.5 Å². The molecule has 0 heterocycles. The molecule has 0 amide bonds. The second kappa shape index (κ2) is 5.52. The van der Waals surface area contributed by atoms with Gasteiger partial charge in [-0.05, 0) is 12.1 Å². The van der Waals surface area contributed by atoms with E-state index in [1.807, 2.05) is 6.07 Å². The van der Waals surface area contributed by atoms with Crippen LogP contribution in [-0.4, -0.2) is 24.8 Å². The van der Waals surface area contributed by atoms with Crippen LogP contribution in [0.1, 0.15) is 15.9 Å². The highest BCUT2D eigenvalue weighted by molar-refractivity contribution is 6.09. The summed E-state index contributed by atoms with van der Waals surface area (Å²) in [4.78, 5) is 24.5. The van der Waals surface area contributed by atoms with Crippen LogP contribution in [0.3, 0.4) is 0 Å². The highest BCUT2D eigenvalue weighted by Gasteiger charge is 2.18. The van der Waals surface area contributed by atoms with Gasteiger partial charge in [0.1, 0.15) is 5.69 Å². The van der Waals surface area contributed by atoms with Crippen molar-refractivity contribution in [2.75, 3.05) is 19.0 Å². The van der Waals surface area contributed by atoms with Crippen LogP contribution < -0.4 is 4.90 Å². The molecule has 5 nitrogen and oxygen atoms in total. The summed E-state index contributed by atoms with van der Waals surface area (Å²) in [6, 6.07) is 13.2. The number of anilines is 1. The van der Waals surface area contributed by atoms with Crippen molar-refractivity contribution in [2.24, 2.45) is 0 Å². The van der Waals surface area contributed by atoms with E-state index in [1.165, 1.54) is 12.1 Å². The maximum Gasteiger partial charge on any atom is 0.292 e. The van der Waals surface area contributed by atoms with Crippen LogP contribution in [-0.2, 0) is 0 Å². The Bertz CT molecular complexity index is 651. The summed E-state index contributed by atoms with van der Waals surface area (Å²) in [7, 11) is 3.41. The van der Waals surface area contributed by atoms with E-state index in [9.17, 15) is 14.9 Å². The van der Waals surface area contributed by atoms with Crippen molar-refractivity contribution in [2.45, 2.75) is 0 Å². The summed E-state index contributed by atoms with van der Waals surface area (Å²) >= 11 is 0. The van der Waals surface area contributed by atoms with E-state index in [2.05, 4.69) is 0 Å². The van der Waals surface area contributed by atoms with Crippen LogP contribution in [0.4, 0.5) is 11.4 Å². The minimum absolute atomic E-state index is 0.0142. The number of carbonyl (C=O) groups is 1. The first kappa shape index (κ1) is 13.7. The molecule has 0 saturated heterocycles. The third-order valence-electron chi connectivity index (χ3n) is 2.95. The number of benzene rings is 2. The Kier molecular flexibility index (Phi) is 3.79. The normalized spacial score (nSPS) is 10.1. The molecule has 0 aliphatic carbocycles. The fourth-order valence-corrected chi connectivity index (χ4v) is 1.93. The highest BCUT2D eigenvalue weighted by atomic mass is 16.6. The molecule has 5 heteroatoms. The number of hydrogen-bond acceptors (Lipinski definition) is 4. The predicted octanol–water partition coefficient (Wildman–Crippen LogP) is 2.89. The van der Waals surface area contributed by atoms with Crippen LogP contribution >= 0.6 is 0 Å². The second-order valence-corrected chi connectivity index (χ2v) is 4.55. The molecular formula is C15H14N2O3. The Balaban J connectivity index is 2.47. The Labute approximate surface area is 116 Å². The predicted molar refractivity (Wildman–Crippen MR) is 77.3 cm³/mol. The van der Waals surface area contributed by atoms with Gasteiger partial charge in [0.25, 0.3) is 5.69 Å². The minimum atomic E-state index is -0.452. The molecule has 2 aromatic rings. The number of ketones is 1. The van der Waals surface area contributed by atoms with Crippen LogP contribution in [0.2, 0.25) is 0 Å². The average molecular weight is 270 g/mol. The minimum Gasteiger partial charge on any atom is -0.372 e. The van der Waals surface area contributed by atoms with Gasteiger partial charge in [-0.3, -0.25) is 14.9 Å². The smallest absolute Gasteiger partial charge is 0.292 e. The number of nitro groups is 1. The summed E-state index contributed by atoms with van der Waals surface area (Å²) in [5.74, 6) is -0.149. The Morgan fingerprint density at radius 1 is 1.05 bits per heavy atom. The van der Waals surface area contributed by atoms with Crippen molar-refractivity contribution in [1.82, 2.24) is 0 Å². The van der Waals surface area contributed by atoms with E-state index in [4.69, 9.17) is 0 Å². The Hall–Kier alpha value is -2.69. The van der Waals surface area contributed by atoms with Crippen molar-refractivity contribution in [3.05, 3.63) is 69.8 Å². The molecule has 0 aliphatic heterocycles. The first-order valence-electron chi connectivity index (χ1n) is 6.06. The van der Waals surface area contributed by atoms with Gasteiger partial charge >= 0.3 is 0 Å². The van der Waals surface area contributed by atoms with E-state index in [0.29, 0.717) is 16.8 Å². The lowest BCUT2D eigenvalue weighted by Gasteiger charge is -2.13. The summed E-state index contributed by atoms with van der Waals surface area (Å²) < 4.78 is 0. The fourth-order valence-electron chi connectivity index (χ4n) is 1.93. The van der Waals surface area contributed by atoms with Crippen molar-refractivity contribution in [3.63, 3.8) is 0 Å². The molecule has 0 aliphatic rings. The van der Waals surface area contributed by atoms with Crippen LogP contribution in [0, 0.1) is 10.1 Å². The monoisotopic (exact) mass is 270 g/mol. The molecule has 0 N–H and O–H groups in total. The standard InChI is InChI=1S/C15H14N2O3/c1-16(2)14-10-12(8-9-13(14)17(19)20)15(18)11-6-4-3-5-7-11/h3-10H,1-2H3. The largest absolute Gasteiger partial charge is 0.372 e. The fraction of sp³-hybridized carbons (Fsp3) is 0.133. The Morgan fingerprint density at radius 2 is 1.70 bits per heavy atom. The van der Waals surface area contributed by atoms with Crippen LogP contribution in [0.25, 0.3) is 0 Å². The SMILES string of the molecule is CN(C)c1cc(C(=O)c2ccccc2)ccc1[N+](=O)[O-]. The van der Waals surface area contributed by atoms with Crippen molar-refractivity contribution < 1.29 is 9.72 Å². The number of hydrogen-bond donors (Lipinski definition) is 0. The molecule has 0 spiro atoms. The molecule has 0 atom stereocenters. The summed E-state index contributed by atoms with van der Waals surface area (Å²) in [6.07, 6.45) is 0. The van der Waals surface area contributed by atoms with Gasteiger partial charge in [-0.25, -0.2) is 0 Å². The maximum absolute atomic E-state index is 12.3. The van der Waals surface area contributed by atoms with Gasteiger partial charge < -0.3 is 4.90 Å². The second-order valence-electron chi connectivity index (χ2n) is 4.55.